The average Bonchev–Trinajstić information content (AvgIpc) is 3.23. The van der Waals surface area contributed by atoms with Crippen LogP contribution in [0.15, 0.2) is 42.5 Å². The molecule has 0 bridgehead atoms. The van der Waals surface area contributed by atoms with Crippen LogP contribution in [0.5, 0.6) is 17.2 Å². The van der Waals surface area contributed by atoms with E-state index in [1.807, 2.05) is 23.1 Å². The predicted octanol–water partition coefficient (Wildman–Crippen LogP) is 2.68. The number of nitrogens with zero attached hydrogens (tertiary/aromatic N) is 1. The zero-order valence-electron chi connectivity index (χ0n) is 13.3. The summed E-state index contributed by atoms with van der Waals surface area (Å²) >= 11 is 0. The molecule has 124 valence electrons. The van der Waals surface area contributed by atoms with Gasteiger partial charge in [-0.2, -0.15) is 0 Å². The second-order valence-electron chi connectivity index (χ2n) is 6.28. The molecule has 1 saturated heterocycles. The molecule has 5 nitrogen and oxygen atoms in total. The van der Waals surface area contributed by atoms with Crippen LogP contribution in [0.25, 0.3) is 0 Å². The number of hydrogen-bond acceptors (Lipinski definition) is 4. The van der Waals surface area contributed by atoms with Gasteiger partial charge >= 0.3 is 0 Å². The fourth-order valence-electron chi connectivity index (χ4n) is 3.38. The van der Waals surface area contributed by atoms with Gasteiger partial charge in [0.05, 0.1) is 6.42 Å². The third-order valence-corrected chi connectivity index (χ3v) is 4.67. The maximum absolute atomic E-state index is 12.5. The molecule has 0 radical (unpaired) electrons. The molecule has 1 fully saturated rings. The lowest BCUT2D eigenvalue weighted by Crippen LogP contribution is -2.29. The molecule has 0 spiro atoms. The number of carbonyl (C=O) groups is 1. The number of benzene rings is 2. The summed E-state index contributed by atoms with van der Waals surface area (Å²) in [5.74, 6) is 2.20. The van der Waals surface area contributed by atoms with Crippen LogP contribution < -0.4 is 9.47 Å². The summed E-state index contributed by atoms with van der Waals surface area (Å²) in [6.07, 6.45) is 1.27. The smallest absolute Gasteiger partial charge is 0.231 e. The number of phenolic OH excluding ortho intramolecular Hbond substituents is 1. The lowest BCUT2D eigenvalue weighted by molar-refractivity contribution is -0.129. The molecule has 2 aromatic rings. The highest BCUT2D eigenvalue weighted by atomic mass is 16.7. The van der Waals surface area contributed by atoms with E-state index < -0.39 is 0 Å². The summed E-state index contributed by atoms with van der Waals surface area (Å²) in [6.45, 7) is 1.76. The molecule has 0 saturated carbocycles. The lowest BCUT2D eigenvalue weighted by atomic mass is 9.98. The van der Waals surface area contributed by atoms with Gasteiger partial charge < -0.3 is 19.5 Å². The van der Waals surface area contributed by atoms with Crippen LogP contribution in [-0.2, 0) is 11.2 Å². The maximum Gasteiger partial charge on any atom is 0.231 e. The summed E-state index contributed by atoms with van der Waals surface area (Å²) in [5.41, 5.74) is 2.03. The number of hydrogen-bond donors (Lipinski definition) is 1. The van der Waals surface area contributed by atoms with Crippen molar-refractivity contribution >= 4 is 5.91 Å². The molecule has 0 unspecified atom stereocenters. The standard InChI is InChI=1S/C19H19NO4/c21-16-3-1-2-13(8-16)9-19(22)20-7-6-15(11-20)14-4-5-17-18(10-14)24-12-23-17/h1-5,8,10,15,21H,6-7,9,11-12H2/t15-/m1/s1. The molecule has 5 heteroatoms. The highest BCUT2D eigenvalue weighted by Gasteiger charge is 2.28. The molecule has 0 aromatic heterocycles. The lowest BCUT2D eigenvalue weighted by Gasteiger charge is -2.17. The monoisotopic (exact) mass is 325 g/mol. The Labute approximate surface area is 140 Å². The SMILES string of the molecule is O=C(Cc1cccc(O)c1)N1CC[C@@H](c2ccc3c(c2)OCO3)C1. The summed E-state index contributed by atoms with van der Waals surface area (Å²) < 4.78 is 10.8. The summed E-state index contributed by atoms with van der Waals surface area (Å²) in [5, 5.41) is 9.51. The van der Waals surface area contributed by atoms with Gasteiger partial charge in [0.15, 0.2) is 11.5 Å². The Bertz CT molecular complexity index is 774. The molecular weight excluding hydrogens is 306 g/mol. The van der Waals surface area contributed by atoms with Crippen molar-refractivity contribution in [2.75, 3.05) is 19.9 Å². The minimum absolute atomic E-state index is 0.101. The Kier molecular flexibility index (Phi) is 3.76. The Balaban J connectivity index is 1.41. The normalized spacial score (nSPS) is 18.8. The van der Waals surface area contributed by atoms with Gasteiger partial charge in [0.1, 0.15) is 5.75 Å². The summed E-state index contributed by atoms with van der Waals surface area (Å²) in [6, 6.07) is 12.9. The number of fused-ring (bicyclic) bond motifs is 1. The molecule has 0 aliphatic carbocycles. The Morgan fingerprint density at radius 2 is 2.04 bits per heavy atom. The van der Waals surface area contributed by atoms with E-state index in [2.05, 4.69) is 6.07 Å². The molecule has 2 heterocycles. The topological polar surface area (TPSA) is 59.0 Å². The van der Waals surface area contributed by atoms with Gasteiger partial charge in [0.25, 0.3) is 0 Å². The van der Waals surface area contributed by atoms with E-state index in [9.17, 15) is 9.90 Å². The van der Waals surface area contributed by atoms with Gasteiger partial charge in [-0.15, -0.1) is 0 Å². The van der Waals surface area contributed by atoms with Crippen molar-refractivity contribution in [3.05, 3.63) is 53.6 Å². The van der Waals surface area contributed by atoms with Crippen molar-refractivity contribution < 1.29 is 19.4 Å². The zero-order valence-corrected chi connectivity index (χ0v) is 13.3. The van der Waals surface area contributed by atoms with Crippen LogP contribution in [0.3, 0.4) is 0 Å². The maximum atomic E-state index is 12.5. The van der Waals surface area contributed by atoms with E-state index in [0.29, 0.717) is 12.3 Å². The first-order chi connectivity index (χ1) is 11.7. The second-order valence-corrected chi connectivity index (χ2v) is 6.28. The molecule has 4 rings (SSSR count). The minimum atomic E-state index is 0.101. The van der Waals surface area contributed by atoms with Gasteiger partial charge in [0, 0.05) is 19.0 Å². The third kappa shape index (κ3) is 2.89. The fraction of sp³-hybridized carbons (Fsp3) is 0.316. The van der Waals surface area contributed by atoms with E-state index >= 15 is 0 Å². The van der Waals surface area contributed by atoms with Crippen molar-refractivity contribution in [2.24, 2.45) is 0 Å². The first kappa shape index (κ1) is 14.9. The molecule has 2 aromatic carbocycles. The summed E-state index contributed by atoms with van der Waals surface area (Å²) in [4.78, 5) is 14.4. The van der Waals surface area contributed by atoms with Crippen LogP contribution in [0.4, 0.5) is 0 Å². The molecule has 24 heavy (non-hydrogen) atoms. The summed E-state index contributed by atoms with van der Waals surface area (Å²) in [7, 11) is 0. The first-order valence-corrected chi connectivity index (χ1v) is 8.14. The number of aromatic hydroxyl groups is 1. The van der Waals surface area contributed by atoms with Crippen LogP contribution >= 0.6 is 0 Å². The van der Waals surface area contributed by atoms with Crippen molar-refractivity contribution in [2.45, 2.75) is 18.8 Å². The molecule has 2 aliphatic rings. The number of likely N-dealkylation sites (tertiary alicyclic amines) is 1. The highest BCUT2D eigenvalue weighted by Crippen LogP contribution is 2.37. The number of amides is 1. The average molecular weight is 325 g/mol. The molecular formula is C19H19NO4. The van der Waals surface area contributed by atoms with Gasteiger partial charge in [-0.25, -0.2) is 0 Å². The van der Waals surface area contributed by atoms with E-state index in [4.69, 9.17) is 9.47 Å². The zero-order chi connectivity index (χ0) is 16.5. The van der Waals surface area contributed by atoms with Gasteiger partial charge in [0.2, 0.25) is 12.7 Å². The highest BCUT2D eigenvalue weighted by molar-refractivity contribution is 5.79. The van der Waals surface area contributed by atoms with Crippen molar-refractivity contribution in [1.29, 1.82) is 0 Å². The van der Waals surface area contributed by atoms with Crippen LogP contribution in [-0.4, -0.2) is 35.8 Å². The van der Waals surface area contributed by atoms with Crippen LogP contribution in [0.2, 0.25) is 0 Å². The van der Waals surface area contributed by atoms with Crippen molar-refractivity contribution in [3.8, 4) is 17.2 Å². The fourth-order valence-corrected chi connectivity index (χ4v) is 3.38. The van der Waals surface area contributed by atoms with Crippen LogP contribution in [0, 0.1) is 0 Å². The second kappa shape index (κ2) is 6.07. The van der Waals surface area contributed by atoms with E-state index in [1.54, 1.807) is 18.2 Å². The van der Waals surface area contributed by atoms with Gasteiger partial charge in [-0.1, -0.05) is 18.2 Å². The van der Waals surface area contributed by atoms with Crippen LogP contribution in [0.1, 0.15) is 23.5 Å². The van der Waals surface area contributed by atoms with E-state index in [1.165, 1.54) is 5.56 Å². The van der Waals surface area contributed by atoms with Crippen molar-refractivity contribution in [1.82, 2.24) is 4.90 Å². The Morgan fingerprint density at radius 1 is 1.17 bits per heavy atom. The minimum Gasteiger partial charge on any atom is -0.508 e. The van der Waals surface area contributed by atoms with Gasteiger partial charge in [-0.3, -0.25) is 4.79 Å². The van der Waals surface area contributed by atoms with Crippen molar-refractivity contribution in [3.63, 3.8) is 0 Å². The molecule has 1 N–H and O–H groups in total. The van der Waals surface area contributed by atoms with E-state index in [-0.39, 0.29) is 18.4 Å². The van der Waals surface area contributed by atoms with E-state index in [0.717, 1.165) is 36.6 Å². The first-order valence-electron chi connectivity index (χ1n) is 8.14. The molecule has 1 amide bonds. The predicted molar refractivity (Wildman–Crippen MR) is 88.3 cm³/mol. The largest absolute Gasteiger partial charge is 0.508 e. The number of carbonyl (C=O) groups excluding carboxylic acids is 1. The Morgan fingerprint density at radius 3 is 2.92 bits per heavy atom. The molecule has 1 atom stereocenters. The van der Waals surface area contributed by atoms with Gasteiger partial charge in [-0.05, 0) is 41.8 Å². The number of ether oxygens (including phenoxy) is 2. The Hall–Kier alpha value is -2.69. The third-order valence-electron chi connectivity index (χ3n) is 4.67. The quantitative estimate of drug-likeness (QED) is 0.942. The number of rotatable bonds is 3. The number of phenols is 1. The molecule has 2 aliphatic heterocycles.